The summed E-state index contributed by atoms with van der Waals surface area (Å²) < 4.78 is 25.4. The molecule has 1 unspecified atom stereocenters. The van der Waals surface area contributed by atoms with Gasteiger partial charge in [0.1, 0.15) is 22.6 Å². The zero-order valence-corrected chi connectivity index (χ0v) is 26.4. The van der Waals surface area contributed by atoms with Gasteiger partial charge in [0.05, 0.1) is 11.2 Å². The van der Waals surface area contributed by atoms with Crippen molar-refractivity contribution in [2.24, 2.45) is 0 Å². The summed E-state index contributed by atoms with van der Waals surface area (Å²) in [5.41, 5.74) is 8.37. The van der Waals surface area contributed by atoms with E-state index in [-0.39, 0.29) is 0 Å². The van der Waals surface area contributed by atoms with Crippen molar-refractivity contribution in [3.63, 3.8) is 0 Å². The van der Waals surface area contributed by atoms with Gasteiger partial charge in [0, 0.05) is 62.4 Å². The molecule has 0 radical (unpaired) electrons. The number of halogens is 1. The van der Waals surface area contributed by atoms with E-state index in [1.807, 2.05) is 91.3 Å². The van der Waals surface area contributed by atoms with Crippen LogP contribution in [0.4, 0.5) is 21.6 Å². The molecule has 0 saturated heterocycles. The van der Waals surface area contributed by atoms with Gasteiger partial charge in [0.25, 0.3) is 0 Å². The molecule has 5 aromatic carbocycles. The van der Waals surface area contributed by atoms with Gasteiger partial charge < -0.3 is 4.42 Å². The van der Waals surface area contributed by atoms with E-state index < -0.39 is 11.6 Å². The van der Waals surface area contributed by atoms with Crippen LogP contribution in [-0.4, -0.2) is 14.4 Å². The maximum absolute atomic E-state index is 16.7. The molecular weight excluding hydrogens is 595 g/mol. The SMILES string of the molecule is CC1(C)c2cccnc2N(c2cccc(C(F)c3ccc4c5ccccc5n5ccnc5c4c3)c2)c2ccc3c(oc4ccccc43)c21. The van der Waals surface area contributed by atoms with Gasteiger partial charge in [0.15, 0.2) is 6.17 Å². The Morgan fingerprint density at radius 1 is 0.688 bits per heavy atom. The van der Waals surface area contributed by atoms with Gasteiger partial charge in [-0.25, -0.2) is 14.4 Å². The van der Waals surface area contributed by atoms with Gasteiger partial charge in [-0.05, 0) is 65.0 Å². The van der Waals surface area contributed by atoms with E-state index in [2.05, 4.69) is 64.5 Å². The second kappa shape index (κ2) is 9.75. The number of hydrogen-bond donors (Lipinski definition) is 0. The first kappa shape index (κ1) is 27.1. The third-order valence-electron chi connectivity index (χ3n) is 10.2. The zero-order valence-electron chi connectivity index (χ0n) is 26.4. The Morgan fingerprint density at radius 3 is 2.42 bits per heavy atom. The molecule has 230 valence electrons. The number of imidazole rings is 1. The number of alkyl halides is 1. The molecule has 0 N–H and O–H groups in total. The maximum atomic E-state index is 16.7. The van der Waals surface area contributed by atoms with Crippen molar-refractivity contribution >= 4 is 66.5 Å². The van der Waals surface area contributed by atoms with E-state index in [9.17, 15) is 0 Å². The Kier molecular flexibility index (Phi) is 5.51. The number of nitrogens with zero attached hydrogens (tertiary/aromatic N) is 4. The lowest BCUT2D eigenvalue weighted by molar-refractivity contribution is 0.402. The zero-order chi connectivity index (χ0) is 32.1. The van der Waals surface area contributed by atoms with Crippen LogP contribution in [0.2, 0.25) is 0 Å². The minimum atomic E-state index is -1.35. The van der Waals surface area contributed by atoms with Crippen LogP contribution in [0, 0.1) is 0 Å². The Morgan fingerprint density at radius 2 is 1.50 bits per heavy atom. The molecule has 1 atom stereocenters. The molecule has 0 aliphatic carbocycles. The molecule has 48 heavy (non-hydrogen) atoms. The van der Waals surface area contributed by atoms with Crippen molar-refractivity contribution in [2.45, 2.75) is 25.4 Å². The number of anilines is 3. The Hall–Kier alpha value is -6.01. The topological polar surface area (TPSA) is 46.6 Å². The van der Waals surface area contributed by atoms with Crippen LogP contribution in [0.15, 0.2) is 138 Å². The van der Waals surface area contributed by atoms with Crippen LogP contribution in [0.5, 0.6) is 0 Å². The summed E-state index contributed by atoms with van der Waals surface area (Å²) in [5, 5.41) is 5.26. The molecule has 9 aromatic rings. The van der Waals surface area contributed by atoms with Gasteiger partial charge in [-0.15, -0.1) is 0 Å². The standard InChI is InChI=1S/C42H29FN4O/c1-42(2)33-13-8-20-44-41(33)47(35-19-18-31-30-12-4-6-15-36(30)48-39(31)37(35)42)27-10-7-9-25(23-27)38(43)26-16-17-28-29-11-3-5-14-34(29)46-22-21-45-40(46)32(28)24-26/h3-24,38H,1-2H3. The third-order valence-corrected chi connectivity index (χ3v) is 10.2. The van der Waals surface area contributed by atoms with Crippen molar-refractivity contribution < 1.29 is 8.81 Å². The molecule has 0 spiro atoms. The summed E-state index contributed by atoms with van der Waals surface area (Å²) in [6.45, 7) is 4.45. The van der Waals surface area contributed by atoms with Crippen molar-refractivity contribution in [2.75, 3.05) is 4.90 Å². The second-order valence-electron chi connectivity index (χ2n) is 13.2. The molecule has 1 aliphatic rings. The van der Waals surface area contributed by atoms with Crippen molar-refractivity contribution in [1.82, 2.24) is 14.4 Å². The maximum Gasteiger partial charge on any atom is 0.150 e. The predicted molar refractivity (Wildman–Crippen MR) is 191 cm³/mol. The number of pyridine rings is 2. The van der Waals surface area contributed by atoms with E-state index in [1.165, 1.54) is 0 Å². The quantitative estimate of drug-likeness (QED) is 0.184. The summed E-state index contributed by atoms with van der Waals surface area (Å²) in [7, 11) is 0. The Balaban J connectivity index is 1.14. The number of hydrogen-bond acceptors (Lipinski definition) is 4. The highest BCUT2D eigenvalue weighted by Gasteiger charge is 2.40. The molecule has 5 heterocycles. The summed E-state index contributed by atoms with van der Waals surface area (Å²) >= 11 is 0. The number of para-hydroxylation sites is 2. The molecule has 0 bridgehead atoms. The minimum absolute atomic E-state index is 0.392. The van der Waals surface area contributed by atoms with Crippen molar-refractivity contribution in [1.29, 1.82) is 0 Å². The molecule has 0 saturated carbocycles. The fourth-order valence-electron chi connectivity index (χ4n) is 7.90. The largest absolute Gasteiger partial charge is 0.456 e. The first-order valence-electron chi connectivity index (χ1n) is 16.2. The van der Waals surface area contributed by atoms with Crippen LogP contribution in [-0.2, 0) is 5.41 Å². The molecule has 10 rings (SSSR count). The number of furan rings is 1. The molecule has 0 fully saturated rings. The highest BCUT2D eigenvalue weighted by atomic mass is 19.1. The molecule has 1 aliphatic heterocycles. The number of aromatic nitrogens is 3. The van der Waals surface area contributed by atoms with E-state index >= 15 is 4.39 Å². The van der Waals surface area contributed by atoms with E-state index in [0.717, 1.165) is 77.6 Å². The van der Waals surface area contributed by atoms with Crippen LogP contribution in [0.1, 0.15) is 42.3 Å². The average Bonchev–Trinajstić information content (AvgIpc) is 3.77. The molecule has 4 aromatic heterocycles. The average molecular weight is 625 g/mol. The smallest absolute Gasteiger partial charge is 0.150 e. The van der Waals surface area contributed by atoms with Crippen LogP contribution in [0.3, 0.4) is 0 Å². The minimum Gasteiger partial charge on any atom is -0.456 e. The second-order valence-corrected chi connectivity index (χ2v) is 13.2. The number of rotatable bonds is 3. The van der Waals surface area contributed by atoms with Crippen molar-refractivity contribution in [3.8, 4) is 0 Å². The van der Waals surface area contributed by atoms with Gasteiger partial charge in [0.2, 0.25) is 0 Å². The van der Waals surface area contributed by atoms with Gasteiger partial charge in [-0.3, -0.25) is 9.30 Å². The van der Waals surface area contributed by atoms with Gasteiger partial charge >= 0.3 is 0 Å². The lowest BCUT2D eigenvalue weighted by Gasteiger charge is -2.40. The normalized spacial score (nSPS) is 14.6. The number of benzene rings is 5. The van der Waals surface area contributed by atoms with Crippen molar-refractivity contribution in [3.05, 3.63) is 156 Å². The lowest BCUT2D eigenvalue weighted by atomic mass is 9.74. The van der Waals surface area contributed by atoms with Crippen LogP contribution >= 0.6 is 0 Å². The van der Waals surface area contributed by atoms with E-state index in [0.29, 0.717) is 11.1 Å². The highest BCUT2D eigenvalue weighted by Crippen LogP contribution is 2.54. The van der Waals surface area contributed by atoms with E-state index in [1.54, 1.807) is 6.20 Å². The highest BCUT2D eigenvalue weighted by molar-refractivity contribution is 6.12. The van der Waals surface area contributed by atoms with Crippen LogP contribution < -0.4 is 4.90 Å². The molecule has 0 amide bonds. The molecule has 5 nitrogen and oxygen atoms in total. The summed E-state index contributed by atoms with van der Waals surface area (Å²) in [4.78, 5) is 11.7. The summed E-state index contributed by atoms with van der Waals surface area (Å²) in [6.07, 6.45) is 4.23. The lowest BCUT2D eigenvalue weighted by Crippen LogP contribution is -2.31. The first-order chi connectivity index (χ1) is 23.5. The first-order valence-corrected chi connectivity index (χ1v) is 16.2. The third kappa shape index (κ3) is 3.65. The Labute approximate surface area is 275 Å². The Bertz CT molecular complexity index is 2760. The predicted octanol–water partition coefficient (Wildman–Crippen LogP) is 11.1. The monoisotopic (exact) mass is 624 g/mol. The summed E-state index contributed by atoms with van der Waals surface area (Å²) in [6, 6.07) is 38.5. The number of fused-ring (bicyclic) bond motifs is 12. The molecule has 6 heteroatoms. The van der Waals surface area contributed by atoms with Gasteiger partial charge in [-0.1, -0.05) is 80.6 Å². The van der Waals surface area contributed by atoms with E-state index in [4.69, 9.17) is 9.40 Å². The van der Waals surface area contributed by atoms with Crippen LogP contribution in [0.25, 0.3) is 49.3 Å². The van der Waals surface area contributed by atoms with Gasteiger partial charge in [-0.2, -0.15) is 0 Å². The fraction of sp³-hybridized carbons (Fsp3) is 0.0952. The fourth-order valence-corrected chi connectivity index (χ4v) is 7.90. The summed E-state index contributed by atoms with van der Waals surface area (Å²) in [5.74, 6) is 0.831. The molecular formula is C42H29FN4O.